The summed E-state index contributed by atoms with van der Waals surface area (Å²) in [5.41, 5.74) is 1.15. The molecule has 0 aliphatic carbocycles. The van der Waals surface area contributed by atoms with Crippen LogP contribution in [0, 0.1) is 11.2 Å². The van der Waals surface area contributed by atoms with Gasteiger partial charge in [0, 0.05) is 31.6 Å². The van der Waals surface area contributed by atoms with Gasteiger partial charge in [0.25, 0.3) is 0 Å². The van der Waals surface area contributed by atoms with E-state index < -0.39 is 0 Å². The van der Waals surface area contributed by atoms with Crippen LogP contribution < -0.4 is 10.2 Å². The molecule has 4 heteroatoms. The summed E-state index contributed by atoms with van der Waals surface area (Å²) in [4.78, 5) is 2.17. The SMILES string of the molecule is Fc1c(Br)cccc1N1CCC2(CNC2)C1. The molecule has 2 heterocycles. The molecule has 1 aromatic rings. The van der Waals surface area contributed by atoms with Gasteiger partial charge in [-0.25, -0.2) is 4.39 Å². The second kappa shape index (κ2) is 3.70. The Morgan fingerprint density at radius 2 is 2.19 bits per heavy atom. The highest BCUT2D eigenvalue weighted by molar-refractivity contribution is 9.10. The first kappa shape index (κ1) is 10.5. The van der Waals surface area contributed by atoms with Crippen LogP contribution in [0.4, 0.5) is 10.1 Å². The van der Waals surface area contributed by atoms with Crippen LogP contribution in [0.15, 0.2) is 22.7 Å². The molecule has 2 fully saturated rings. The van der Waals surface area contributed by atoms with Crippen LogP contribution in [0.5, 0.6) is 0 Å². The summed E-state index contributed by atoms with van der Waals surface area (Å²) in [7, 11) is 0. The molecule has 3 rings (SSSR count). The fourth-order valence-corrected chi connectivity index (χ4v) is 3.00. The third-order valence-corrected chi connectivity index (χ3v) is 4.32. The Morgan fingerprint density at radius 1 is 1.38 bits per heavy atom. The van der Waals surface area contributed by atoms with Gasteiger partial charge >= 0.3 is 0 Å². The molecule has 0 unspecified atom stereocenters. The minimum absolute atomic E-state index is 0.133. The first-order valence-electron chi connectivity index (χ1n) is 5.60. The van der Waals surface area contributed by atoms with E-state index in [1.54, 1.807) is 6.07 Å². The number of nitrogens with zero attached hydrogens (tertiary/aromatic N) is 1. The Kier molecular flexibility index (Phi) is 2.44. The first-order valence-corrected chi connectivity index (χ1v) is 6.39. The van der Waals surface area contributed by atoms with Crippen molar-refractivity contribution >= 4 is 21.6 Å². The molecule has 0 radical (unpaired) electrons. The zero-order chi connectivity index (χ0) is 11.2. The third kappa shape index (κ3) is 1.55. The van der Waals surface area contributed by atoms with Gasteiger partial charge in [-0.2, -0.15) is 0 Å². The Bertz CT molecular complexity index is 417. The lowest BCUT2D eigenvalue weighted by Gasteiger charge is -2.39. The number of hydrogen-bond acceptors (Lipinski definition) is 2. The molecule has 2 aliphatic heterocycles. The molecule has 0 saturated carbocycles. The second-order valence-corrected chi connectivity index (χ2v) is 5.70. The topological polar surface area (TPSA) is 15.3 Å². The van der Waals surface area contributed by atoms with Crippen molar-refractivity contribution in [3.05, 3.63) is 28.5 Å². The van der Waals surface area contributed by atoms with Crippen LogP contribution in [0.1, 0.15) is 6.42 Å². The van der Waals surface area contributed by atoms with Crippen molar-refractivity contribution in [3.63, 3.8) is 0 Å². The van der Waals surface area contributed by atoms with Gasteiger partial charge in [-0.3, -0.25) is 0 Å². The van der Waals surface area contributed by atoms with E-state index in [1.165, 1.54) is 6.42 Å². The van der Waals surface area contributed by atoms with Gasteiger partial charge in [-0.05, 0) is 34.5 Å². The lowest BCUT2D eigenvalue weighted by atomic mass is 9.81. The number of hydrogen-bond donors (Lipinski definition) is 1. The normalized spacial score (nSPS) is 22.5. The van der Waals surface area contributed by atoms with Gasteiger partial charge in [0.2, 0.25) is 0 Å². The Balaban J connectivity index is 1.85. The maximum atomic E-state index is 13.9. The quantitative estimate of drug-likeness (QED) is 0.852. The predicted octanol–water partition coefficient (Wildman–Crippen LogP) is 2.39. The minimum Gasteiger partial charge on any atom is -0.368 e. The summed E-state index contributed by atoms with van der Waals surface area (Å²) in [5.74, 6) is -0.133. The molecule has 0 amide bonds. The lowest BCUT2D eigenvalue weighted by molar-refractivity contribution is 0.199. The molecule has 2 saturated heterocycles. The van der Waals surface area contributed by atoms with E-state index in [0.29, 0.717) is 9.89 Å². The van der Waals surface area contributed by atoms with Crippen molar-refractivity contribution < 1.29 is 4.39 Å². The van der Waals surface area contributed by atoms with Gasteiger partial charge in [-0.1, -0.05) is 6.07 Å². The molecule has 1 N–H and O–H groups in total. The van der Waals surface area contributed by atoms with Crippen LogP contribution >= 0.6 is 15.9 Å². The van der Waals surface area contributed by atoms with Crippen molar-refractivity contribution in [1.82, 2.24) is 5.32 Å². The van der Waals surface area contributed by atoms with Gasteiger partial charge < -0.3 is 10.2 Å². The second-order valence-electron chi connectivity index (χ2n) is 4.85. The lowest BCUT2D eigenvalue weighted by Crippen LogP contribution is -2.54. The number of benzene rings is 1. The molecule has 1 spiro atoms. The van der Waals surface area contributed by atoms with Crippen molar-refractivity contribution in [1.29, 1.82) is 0 Å². The first-order chi connectivity index (χ1) is 7.70. The van der Waals surface area contributed by atoms with E-state index in [9.17, 15) is 4.39 Å². The van der Waals surface area contributed by atoms with Crippen molar-refractivity contribution in [2.24, 2.45) is 5.41 Å². The summed E-state index contributed by atoms with van der Waals surface area (Å²) in [6, 6.07) is 5.51. The van der Waals surface area contributed by atoms with E-state index in [-0.39, 0.29) is 5.82 Å². The highest BCUT2D eigenvalue weighted by atomic mass is 79.9. The number of anilines is 1. The van der Waals surface area contributed by atoms with E-state index in [0.717, 1.165) is 31.9 Å². The molecular formula is C12H14BrFN2. The van der Waals surface area contributed by atoms with Crippen molar-refractivity contribution in [2.45, 2.75) is 6.42 Å². The molecule has 0 aromatic heterocycles. The summed E-state index contributed by atoms with van der Waals surface area (Å²) in [5, 5.41) is 3.31. The molecule has 0 bridgehead atoms. The largest absolute Gasteiger partial charge is 0.368 e. The maximum absolute atomic E-state index is 13.9. The Hall–Kier alpha value is -0.610. The average Bonchev–Trinajstić information content (AvgIpc) is 2.66. The summed E-state index contributed by atoms with van der Waals surface area (Å²) >= 11 is 3.24. The Labute approximate surface area is 103 Å². The number of rotatable bonds is 1. The van der Waals surface area contributed by atoms with Gasteiger partial charge in [0.15, 0.2) is 5.82 Å². The van der Waals surface area contributed by atoms with Gasteiger partial charge in [0.05, 0.1) is 10.2 Å². The molecule has 1 aromatic carbocycles. The fraction of sp³-hybridized carbons (Fsp3) is 0.500. The van der Waals surface area contributed by atoms with Gasteiger partial charge in [-0.15, -0.1) is 0 Å². The smallest absolute Gasteiger partial charge is 0.160 e. The zero-order valence-electron chi connectivity index (χ0n) is 8.97. The predicted molar refractivity (Wildman–Crippen MR) is 66.2 cm³/mol. The highest BCUT2D eigenvalue weighted by Gasteiger charge is 2.43. The highest BCUT2D eigenvalue weighted by Crippen LogP contribution is 2.38. The maximum Gasteiger partial charge on any atom is 0.160 e. The van der Waals surface area contributed by atoms with Crippen LogP contribution in [0.2, 0.25) is 0 Å². The summed E-state index contributed by atoms with van der Waals surface area (Å²) in [6.45, 7) is 4.11. The van der Waals surface area contributed by atoms with E-state index in [2.05, 4.69) is 26.1 Å². The average molecular weight is 285 g/mol. The van der Waals surface area contributed by atoms with Crippen LogP contribution in [-0.4, -0.2) is 26.2 Å². The molecule has 86 valence electrons. The zero-order valence-corrected chi connectivity index (χ0v) is 10.6. The molecule has 2 nitrogen and oxygen atoms in total. The van der Waals surface area contributed by atoms with Crippen molar-refractivity contribution in [2.75, 3.05) is 31.1 Å². The van der Waals surface area contributed by atoms with Crippen molar-refractivity contribution in [3.8, 4) is 0 Å². The summed E-state index contributed by atoms with van der Waals surface area (Å²) in [6.07, 6.45) is 1.17. The third-order valence-electron chi connectivity index (χ3n) is 3.71. The van der Waals surface area contributed by atoms with Crippen LogP contribution in [0.25, 0.3) is 0 Å². The summed E-state index contributed by atoms with van der Waals surface area (Å²) < 4.78 is 14.5. The molecule has 0 atom stereocenters. The number of nitrogens with one attached hydrogen (secondary N) is 1. The monoisotopic (exact) mass is 284 g/mol. The van der Waals surface area contributed by atoms with E-state index >= 15 is 0 Å². The van der Waals surface area contributed by atoms with Crippen LogP contribution in [-0.2, 0) is 0 Å². The molecule has 2 aliphatic rings. The fourth-order valence-electron chi connectivity index (χ4n) is 2.64. The van der Waals surface area contributed by atoms with E-state index in [4.69, 9.17) is 0 Å². The molecule has 16 heavy (non-hydrogen) atoms. The minimum atomic E-state index is -0.133. The number of halogens is 2. The van der Waals surface area contributed by atoms with Crippen LogP contribution in [0.3, 0.4) is 0 Å². The molecular weight excluding hydrogens is 271 g/mol. The van der Waals surface area contributed by atoms with Gasteiger partial charge in [0.1, 0.15) is 0 Å². The standard InChI is InChI=1S/C12H14BrFN2/c13-9-2-1-3-10(11(9)14)16-5-4-12(8-16)6-15-7-12/h1-3,15H,4-8H2. The Morgan fingerprint density at radius 3 is 2.81 bits per heavy atom. The van der Waals surface area contributed by atoms with E-state index in [1.807, 2.05) is 12.1 Å².